The summed E-state index contributed by atoms with van der Waals surface area (Å²) in [5.74, 6) is -3.34. The molecule has 374 valence electrons. The van der Waals surface area contributed by atoms with E-state index in [4.69, 9.17) is 4.74 Å². The maximum absolute atomic E-state index is 14.0. The molecule has 0 radical (unpaired) electrons. The average Bonchev–Trinajstić information content (AvgIpc) is 3.60. The molecular formula is C50H55F3N10O8. The number of carbonyl (C=O) groups excluding carboxylic acids is 7. The van der Waals surface area contributed by atoms with Crippen LogP contribution in [0.3, 0.4) is 0 Å². The number of carbonyl (C=O) groups is 7. The van der Waals surface area contributed by atoms with Crippen molar-refractivity contribution >= 4 is 81.6 Å². The Labute approximate surface area is 407 Å². The zero-order valence-electron chi connectivity index (χ0n) is 39.2. The number of amides is 7. The third kappa shape index (κ3) is 12.9. The van der Waals surface area contributed by atoms with Gasteiger partial charge in [-0.05, 0) is 67.8 Å². The minimum absolute atomic E-state index is 0.0125. The van der Waals surface area contributed by atoms with Crippen LogP contribution in [0.1, 0.15) is 103 Å². The first-order chi connectivity index (χ1) is 34.1. The van der Waals surface area contributed by atoms with Gasteiger partial charge in [-0.2, -0.15) is 18.2 Å². The number of rotatable bonds is 21. The Morgan fingerprint density at radius 2 is 1.51 bits per heavy atom. The summed E-state index contributed by atoms with van der Waals surface area (Å²) >= 11 is 0. The van der Waals surface area contributed by atoms with Crippen LogP contribution >= 0.6 is 0 Å². The maximum Gasteiger partial charge on any atom is 0.421 e. The molecule has 18 nitrogen and oxygen atoms in total. The minimum atomic E-state index is -4.76. The number of imide groups is 2. The largest absolute Gasteiger partial charge is 0.494 e. The van der Waals surface area contributed by atoms with Crippen molar-refractivity contribution in [2.45, 2.75) is 89.3 Å². The second-order valence-corrected chi connectivity index (χ2v) is 17.3. The first-order valence-corrected chi connectivity index (χ1v) is 23.5. The Kier molecular flexibility index (Phi) is 16.7. The number of nitrogens with one attached hydrogen (secondary N) is 5. The lowest BCUT2D eigenvalue weighted by Crippen LogP contribution is -2.54. The number of alkyl halides is 3. The molecular weight excluding hydrogens is 926 g/mol. The summed E-state index contributed by atoms with van der Waals surface area (Å²) in [7, 11) is 1.48. The highest BCUT2D eigenvalue weighted by atomic mass is 19.4. The lowest BCUT2D eigenvalue weighted by Gasteiger charge is -2.36. The van der Waals surface area contributed by atoms with Crippen LogP contribution < -0.4 is 36.2 Å². The zero-order chi connectivity index (χ0) is 50.7. The van der Waals surface area contributed by atoms with Gasteiger partial charge in [0.1, 0.15) is 23.2 Å². The maximum atomic E-state index is 14.0. The van der Waals surface area contributed by atoms with Crippen molar-refractivity contribution in [2.75, 3.05) is 59.5 Å². The molecule has 0 spiro atoms. The Balaban J connectivity index is 0.785. The Morgan fingerprint density at radius 1 is 0.817 bits per heavy atom. The molecule has 1 unspecified atom stereocenters. The average molecular weight is 981 g/mol. The predicted molar refractivity (Wildman–Crippen MR) is 259 cm³/mol. The summed E-state index contributed by atoms with van der Waals surface area (Å²) < 4.78 is 47.6. The number of unbranched alkanes of at least 4 members (excludes halogenated alkanes) is 7. The Bertz CT molecular complexity index is 2690. The van der Waals surface area contributed by atoms with Crippen LogP contribution in [0.25, 0.3) is 0 Å². The molecule has 0 aliphatic carbocycles. The molecule has 4 heterocycles. The van der Waals surface area contributed by atoms with Crippen molar-refractivity contribution in [1.29, 1.82) is 0 Å². The van der Waals surface area contributed by atoms with Gasteiger partial charge in [0.05, 0.1) is 29.6 Å². The van der Waals surface area contributed by atoms with Gasteiger partial charge in [-0.15, -0.1) is 0 Å². The number of benzene rings is 3. The number of aromatic nitrogens is 2. The highest BCUT2D eigenvalue weighted by Gasteiger charge is 2.46. The highest BCUT2D eigenvalue weighted by molar-refractivity contribution is 6.26. The number of piperidine rings is 1. The third-order valence-electron chi connectivity index (χ3n) is 12.4. The Hall–Kier alpha value is -7.84. The molecule has 3 aliphatic heterocycles. The van der Waals surface area contributed by atoms with Crippen molar-refractivity contribution in [3.63, 3.8) is 0 Å². The first-order valence-electron chi connectivity index (χ1n) is 23.5. The smallest absolute Gasteiger partial charge is 0.421 e. The lowest BCUT2D eigenvalue weighted by molar-refractivity contribution is -0.138. The fourth-order valence-electron chi connectivity index (χ4n) is 8.68. The summed E-state index contributed by atoms with van der Waals surface area (Å²) in [5.41, 5.74) is 1.11. The van der Waals surface area contributed by atoms with Gasteiger partial charge >= 0.3 is 6.18 Å². The van der Waals surface area contributed by atoms with Gasteiger partial charge < -0.3 is 35.8 Å². The van der Waals surface area contributed by atoms with E-state index in [-0.39, 0.29) is 59.5 Å². The minimum Gasteiger partial charge on any atom is -0.494 e. The normalized spacial score (nSPS) is 15.8. The number of fused-ring (bicyclic) bond motifs is 1. The number of halogens is 3. The van der Waals surface area contributed by atoms with Crippen LogP contribution in [-0.2, 0) is 30.1 Å². The number of anilines is 7. The molecule has 21 heteroatoms. The van der Waals surface area contributed by atoms with E-state index >= 15 is 0 Å². The van der Waals surface area contributed by atoms with E-state index < -0.39 is 53.1 Å². The summed E-state index contributed by atoms with van der Waals surface area (Å²) in [5, 5.41) is 13.1. The number of methoxy groups -OCH3 is 1. The molecule has 2 saturated heterocycles. The van der Waals surface area contributed by atoms with Gasteiger partial charge in [-0.1, -0.05) is 57.2 Å². The van der Waals surface area contributed by atoms with Crippen molar-refractivity contribution in [1.82, 2.24) is 25.1 Å². The summed E-state index contributed by atoms with van der Waals surface area (Å²) in [4.78, 5) is 101. The van der Waals surface area contributed by atoms with Crippen LogP contribution in [0.5, 0.6) is 5.75 Å². The topological polar surface area (TPSA) is 224 Å². The van der Waals surface area contributed by atoms with E-state index in [9.17, 15) is 46.7 Å². The zero-order valence-corrected chi connectivity index (χ0v) is 39.2. The van der Waals surface area contributed by atoms with Crippen LogP contribution in [0, 0.1) is 0 Å². The quantitative estimate of drug-likeness (QED) is 0.0307. The van der Waals surface area contributed by atoms with Crippen molar-refractivity contribution in [3.8, 4) is 5.75 Å². The highest BCUT2D eigenvalue weighted by Crippen LogP contribution is 2.38. The van der Waals surface area contributed by atoms with Crippen molar-refractivity contribution in [2.24, 2.45) is 0 Å². The van der Waals surface area contributed by atoms with Crippen LogP contribution in [0.2, 0.25) is 0 Å². The number of ether oxygens (including phenoxy) is 1. The van der Waals surface area contributed by atoms with E-state index in [2.05, 4.69) is 48.0 Å². The molecule has 7 rings (SSSR count). The number of nitrogens with zero attached hydrogens (tertiary/aromatic N) is 5. The van der Waals surface area contributed by atoms with Gasteiger partial charge in [-0.25, -0.2) is 4.98 Å². The molecule has 1 atom stereocenters. The molecule has 0 bridgehead atoms. The van der Waals surface area contributed by atoms with Crippen molar-refractivity contribution in [3.05, 3.63) is 96.2 Å². The Morgan fingerprint density at radius 3 is 2.20 bits per heavy atom. The molecule has 2 fully saturated rings. The van der Waals surface area contributed by atoms with E-state index in [0.717, 1.165) is 61.6 Å². The molecule has 4 aromatic rings. The second kappa shape index (κ2) is 23.2. The number of hydrogen-bond acceptors (Lipinski definition) is 13. The summed E-state index contributed by atoms with van der Waals surface area (Å²) in [6.45, 7) is 5.69. The number of hydrogen-bond donors (Lipinski definition) is 5. The summed E-state index contributed by atoms with van der Waals surface area (Å²) in [6, 6.07) is 15.0. The van der Waals surface area contributed by atoms with Crippen LogP contribution in [0.15, 0.2) is 79.5 Å². The van der Waals surface area contributed by atoms with E-state index in [1.807, 2.05) is 11.0 Å². The van der Waals surface area contributed by atoms with E-state index in [1.165, 1.54) is 25.3 Å². The molecule has 0 saturated carbocycles. The molecule has 5 N–H and O–H groups in total. The molecule has 71 heavy (non-hydrogen) atoms. The van der Waals surface area contributed by atoms with Gasteiger partial charge in [0, 0.05) is 74.8 Å². The predicted octanol–water partition coefficient (Wildman–Crippen LogP) is 7.71. The fourth-order valence-corrected chi connectivity index (χ4v) is 8.68. The van der Waals surface area contributed by atoms with Crippen LogP contribution in [0.4, 0.5) is 53.4 Å². The van der Waals surface area contributed by atoms with Gasteiger partial charge in [0.25, 0.3) is 11.8 Å². The lowest BCUT2D eigenvalue weighted by atomic mass is 10.0. The fraction of sp³-hybridized carbons (Fsp3) is 0.380. The number of piperazine rings is 1. The molecule has 3 aliphatic rings. The SMILES string of the molecule is C=CC(=O)Nc1cccc(Nc2nc(Nc3ccc(N4CCN(C(=O)CCCCCCCCCCC(=O)Nc5cccc6c5C(=O)N(C5CCC(=O)NC5=O)C6=O)CC4)cc3OC)ncc2C(F)(F)F)c1. The monoisotopic (exact) mass is 980 g/mol. The van der Waals surface area contributed by atoms with Gasteiger partial charge in [-0.3, -0.25) is 43.8 Å². The first kappa shape index (κ1) is 51.0. The molecule has 1 aromatic heterocycles. The van der Waals surface area contributed by atoms with Gasteiger partial charge in [0.2, 0.25) is 35.5 Å². The third-order valence-corrected chi connectivity index (χ3v) is 12.4. The van der Waals surface area contributed by atoms with E-state index in [1.54, 1.807) is 36.4 Å². The van der Waals surface area contributed by atoms with E-state index in [0.29, 0.717) is 62.3 Å². The van der Waals surface area contributed by atoms with Crippen molar-refractivity contribution < 1.29 is 51.5 Å². The molecule has 3 aromatic carbocycles. The van der Waals surface area contributed by atoms with Gasteiger partial charge in [0.15, 0.2) is 0 Å². The van der Waals surface area contributed by atoms with Crippen LogP contribution in [-0.4, -0.2) is 100 Å². The second-order valence-electron chi connectivity index (χ2n) is 17.3. The summed E-state index contributed by atoms with van der Waals surface area (Å²) in [6.07, 6.45) is 4.90. The molecule has 7 amide bonds. The standard InChI is InChI=1S/C50H55F3N10O8/c1-3-40(64)55-31-14-12-15-32(28-31)56-45-35(50(51,52)53)30-54-49(60-45)58-36-21-20-33(29-39(36)71-2)61-24-26-62(27-25-61)43(67)19-11-9-7-5-4-6-8-10-18-41(65)57-37-17-13-16-34-44(37)48(70)63(47(34)69)38-22-23-42(66)59-46(38)68/h3,12-17,20-21,28-30,38H,1,4-11,18-19,22-27H2,2H3,(H,55,64)(H,57,65)(H,59,66,68)(H2,54,56,58,60).